The third kappa shape index (κ3) is 6.09. The monoisotopic (exact) mass is 278 g/mol. The standard InChI is InChI=1S/C17H26O3/c1-3-4-5-6-7-8-11-14(2)20-16-13-10-9-12-15(16)17(18)19/h9-10,12-14H,3-8,11H2,1-2H3,(H,18,19). The molecule has 0 fully saturated rings. The number of para-hydroxylation sites is 1. The third-order valence-electron chi connectivity index (χ3n) is 3.41. The molecule has 3 heteroatoms. The quantitative estimate of drug-likeness (QED) is 0.619. The molecule has 0 aromatic heterocycles. The highest BCUT2D eigenvalue weighted by atomic mass is 16.5. The van der Waals surface area contributed by atoms with E-state index in [-0.39, 0.29) is 11.7 Å². The zero-order valence-corrected chi connectivity index (χ0v) is 12.6. The molecule has 0 aliphatic heterocycles. The second-order valence-electron chi connectivity index (χ2n) is 5.29. The molecule has 1 N–H and O–H groups in total. The largest absolute Gasteiger partial charge is 0.490 e. The van der Waals surface area contributed by atoms with Crippen LogP contribution in [0.1, 0.15) is 69.2 Å². The maximum atomic E-state index is 11.1. The second-order valence-corrected chi connectivity index (χ2v) is 5.29. The fraction of sp³-hybridized carbons (Fsp3) is 0.588. The summed E-state index contributed by atoms with van der Waals surface area (Å²) in [6.45, 7) is 4.22. The molecule has 0 heterocycles. The van der Waals surface area contributed by atoms with E-state index < -0.39 is 5.97 Å². The van der Waals surface area contributed by atoms with Crippen LogP contribution >= 0.6 is 0 Å². The van der Waals surface area contributed by atoms with E-state index in [1.165, 1.54) is 32.1 Å². The molecule has 0 aliphatic rings. The first-order valence-electron chi connectivity index (χ1n) is 7.64. The van der Waals surface area contributed by atoms with Gasteiger partial charge in [0.25, 0.3) is 0 Å². The molecule has 0 aliphatic carbocycles. The van der Waals surface area contributed by atoms with Crippen LogP contribution in [0.3, 0.4) is 0 Å². The van der Waals surface area contributed by atoms with Gasteiger partial charge in [0.15, 0.2) is 0 Å². The van der Waals surface area contributed by atoms with E-state index >= 15 is 0 Å². The number of carboxylic acids is 1. The lowest BCUT2D eigenvalue weighted by Gasteiger charge is -2.16. The van der Waals surface area contributed by atoms with Crippen LogP contribution in [0.4, 0.5) is 0 Å². The van der Waals surface area contributed by atoms with Gasteiger partial charge in [0.1, 0.15) is 11.3 Å². The van der Waals surface area contributed by atoms with Gasteiger partial charge in [0, 0.05) is 0 Å². The topological polar surface area (TPSA) is 46.5 Å². The van der Waals surface area contributed by atoms with Crippen LogP contribution in [-0.4, -0.2) is 17.2 Å². The summed E-state index contributed by atoms with van der Waals surface area (Å²) >= 11 is 0. The first-order valence-corrected chi connectivity index (χ1v) is 7.64. The minimum atomic E-state index is -0.938. The van der Waals surface area contributed by atoms with Gasteiger partial charge in [0.2, 0.25) is 0 Å². The molecule has 0 amide bonds. The smallest absolute Gasteiger partial charge is 0.339 e. The summed E-state index contributed by atoms with van der Waals surface area (Å²) < 4.78 is 5.75. The minimum Gasteiger partial charge on any atom is -0.490 e. The van der Waals surface area contributed by atoms with Crippen molar-refractivity contribution < 1.29 is 14.6 Å². The number of carbonyl (C=O) groups is 1. The number of carboxylic acid groups (broad SMARTS) is 1. The minimum absolute atomic E-state index is 0.0571. The van der Waals surface area contributed by atoms with Crippen LogP contribution in [0, 0.1) is 0 Å². The lowest BCUT2D eigenvalue weighted by Crippen LogP contribution is -2.14. The normalized spacial score (nSPS) is 12.1. The van der Waals surface area contributed by atoms with Crippen molar-refractivity contribution in [3.63, 3.8) is 0 Å². The SMILES string of the molecule is CCCCCCCCC(C)Oc1ccccc1C(=O)O. The maximum absolute atomic E-state index is 11.1. The van der Waals surface area contributed by atoms with Crippen molar-refractivity contribution in [1.82, 2.24) is 0 Å². The predicted molar refractivity (Wildman–Crippen MR) is 81.5 cm³/mol. The Morgan fingerprint density at radius 1 is 1.15 bits per heavy atom. The Hall–Kier alpha value is -1.51. The molecular weight excluding hydrogens is 252 g/mol. The molecule has 1 aromatic carbocycles. The van der Waals surface area contributed by atoms with Crippen molar-refractivity contribution in [1.29, 1.82) is 0 Å². The van der Waals surface area contributed by atoms with Gasteiger partial charge < -0.3 is 9.84 Å². The third-order valence-corrected chi connectivity index (χ3v) is 3.41. The highest BCUT2D eigenvalue weighted by molar-refractivity contribution is 5.90. The number of ether oxygens (including phenoxy) is 1. The van der Waals surface area contributed by atoms with Crippen molar-refractivity contribution in [3.8, 4) is 5.75 Å². The molecule has 112 valence electrons. The van der Waals surface area contributed by atoms with Crippen LogP contribution in [0.2, 0.25) is 0 Å². The fourth-order valence-electron chi connectivity index (χ4n) is 2.23. The summed E-state index contributed by atoms with van der Waals surface area (Å²) in [4.78, 5) is 11.1. The van der Waals surface area contributed by atoms with E-state index in [0.717, 1.165) is 12.8 Å². The molecule has 1 unspecified atom stereocenters. The maximum Gasteiger partial charge on any atom is 0.339 e. The summed E-state index contributed by atoms with van der Waals surface area (Å²) in [5.41, 5.74) is 0.238. The van der Waals surface area contributed by atoms with Crippen LogP contribution in [0.15, 0.2) is 24.3 Å². The molecule has 0 spiro atoms. The van der Waals surface area contributed by atoms with E-state index in [2.05, 4.69) is 6.92 Å². The molecule has 0 saturated heterocycles. The van der Waals surface area contributed by atoms with E-state index in [4.69, 9.17) is 9.84 Å². The molecule has 1 atom stereocenters. The van der Waals surface area contributed by atoms with Crippen molar-refractivity contribution in [3.05, 3.63) is 29.8 Å². The Balaban J connectivity index is 2.32. The van der Waals surface area contributed by atoms with Gasteiger partial charge in [-0.05, 0) is 31.9 Å². The molecule has 1 aromatic rings. The molecule has 1 rings (SSSR count). The summed E-state index contributed by atoms with van der Waals surface area (Å²) in [5.74, 6) is -0.467. The van der Waals surface area contributed by atoms with Gasteiger partial charge in [-0.15, -0.1) is 0 Å². The first kappa shape index (κ1) is 16.5. The van der Waals surface area contributed by atoms with Gasteiger partial charge >= 0.3 is 5.97 Å². The molecule has 20 heavy (non-hydrogen) atoms. The highest BCUT2D eigenvalue weighted by Crippen LogP contribution is 2.21. The molecule has 0 saturated carbocycles. The summed E-state index contributed by atoms with van der Waals surface area (Å²) in [7, 11) is 0. The van der Waals surface area contributed by atoms with E-state index in [9.17, 15) is 4.79 Å². The Morgan fingerprint density at radius 2 is 1.80 bits per heavy atom. The van der Waals surface area contributed by atoms with Crippen LogP contribution < -0.4 is 4.74 Å². The van der Waals surface area contributed by atoms with E-state index in [1.54, 1.807) is 24.3 Å². The van der Waals surface area contributed by atoms with Crippen LogP contribution in [-0.2, 0) is 0 Å². The predicted octanol–water partition coefficient (Wildman–Crippen LogP) is 4.90. The number of hydrogen-bond donors (Lipinski definition) is 1. The Morgan fingerprint density at radius 3 is 2.50 bits per heavy atom. The molecule has 0 bridgehead atoms. The summed E-state index contributed by atoms with van der Waals surface area (Å²) in [5, 5.41) is 9.10. The van der Waals surface area contributed by atoms with Gasteiger partial charge in [0.05, 0.1) is 6.10 Å². The summed E-state index contributed by atoms with van der Waals surface area (Å²) in [6.07, 6.45) is 8.58. The second kappa shape index (κ2) is 9.40. The lowest BCUT2D eigenvalue weighted by molar-refractivity contribution is 0.0689. The van der Waals surface area contributed by atoms with Gasteiger partial charge in [-0.1, -0.05) is 51.2 Å². The van der Waals surface area contributed by atoms with E-state index in [1.807, 2.05) is 6.92 Å². The van der Waals surface area contributed by atoms with Crippen molar-refractivity contribution in [2.45, 2.75) is 64.9 Å². The van der Waals surface area contributed by atoms with E-state index in [0.29, 0.717) is 5.75 Å². The van der Waals surface area contributed by atoms with Crippen molar-refractivity contribution in [2.75, 3.05) is 0 Å². The Bertz CT molecular complexity index is 401. The zero-order valence-electron chi connectivity index (χ0n) is 12.6. The lowest BCUT2D eigenvalue weighted by atomic mass is 10.1. The number of rotatable bonds is 10. The van der Waals surface area contributed by atoms with Crippen molar-refractivity contribution >= 4 is 5.97 Å². The summed E-state index contributed by atoms with van der Waals surface area (Å²) in [6, 6.07) is 6.82. The van der Waals surface area contributed by atoms with Gasteiger partial charge in [-0.3, -0.25) is 0 Å². The fourth-order valence-corrected chi connectivity index (χ4v) is 2.23. The average molecular weight is 278 g/mol. The van der Waals surface area contributed by atoms with Gasteiger partial charge in [-0.2, -0.15) is 0 Å². The highest BCUT2D eigenvalue weighted by Gasteiger charge is 2.12. The number of aromatic carboxylic acids is 1. The molecule has 3 nitrogen and oxygen atoms in total. The first-order chi connectivity index (χ1) is 9.65. The average Bonchev–Trinajstić information content (AvgIpc) is 2.43. The number of unbranched alkanes of at least 4 members (excludes halogenated alkanes) is 5. The van der Waals surface area contributed by atoms with Gasteiger partial charge in [-0.25, -0.2) is 4.79 Å². The van der Waals surface area contributed by atoms with Crippen molar-refractivity contribution in [2.24, 2.45) is 0 Å². The van der Waals surface area contributed by atoms with Crippen LogP contribution in [0.5, 0.6) is 5.75 Å². The van der Waals surface area contributed by atoms with Crippen LogP contribution in [0.25, 0.3) is 0 Å². The zero-order chi connectivity index (χ0) is 14.8. The number of benzene rings is 1. The Kier molecular flexibility index (Phi) is 7.78. The molecular formula is C17H26O3. The Labute approximate surface area is 122 Å². The molecule has 0 radical (unpaired) electrons. The number of hydrogen-bond acceptors (Lipinski definition) is 2.